The van der Waals surface area contributed by atoms with Gasteiger partial charge in [0, 0.05) is 24.6 Å². The molecule has 1 aromatic heterocycles. The van der Waals surface area contributed by atoms with Crippen LogP contribution >= 0.6 is 0 Å². The van der Waals surface area contributed by atoms with Gasteiger partial charge < -0.3 is 25.9 Å². The lowest BCUT2D eigenvalue weighted by Crippen LogP contribution is -2.50. The van der Waals surface area contributed by atoms with Gasteiger partial charge in [-0.05, 0) is 62.7 Å². The third-order valence-electron chi connectivity index (χ3n) is 6.03. The molecular weight excluding hydrogens is 466 g/mol. The molecule has 37 heavy (non-hydrogen) atoms. The summed E-state index contributed by atoms with van der Waals surface area (Å²) < 4.78 is 5.84. The maximum absolute atomic E-state index is 9.56. The third kappa shape index (κ3) is 8.37. The highest BCUT2D eigenvalue weighted by atomic mass is 16.5. The van der Waals surface area contributed by atoms with Crippen LogP contribution in [0.1, 0.15) is 50.2 Å². The summed E-state index contributed by atoms with van der Waals surface area (Å²) in [6.07, 6.45) is 7.61. The van der Waals surface area contributed by atoms with Crippen LogP contribution in [0.4, 0.5) is 11.6 Å². The molecule has 0 aliphatic carbocycles. The van der Waals surface area contributed by atoms with Gasteiger partial charge in [-0.15, -0.1) is 0 Å². The highest BCUT2D eigenvalue weighted by Gasteiger charge is 2.22. The predicted octanol–water partition coefficient (Wildman–Crippen LogP) is 4.35. The smallest absolute Gasteiger partial charge is 0.141 e. The Bertz CT molecular complexity index is 1120. The summed E-state index contributed by atoms with van der Waals surface area (Å²) in [5.41, 5.74) is 7.64. The Balaban J connectivity index is 0.000000568. The molecule has 0 amide bonds. The van der Waals surface area contributed by atoms with Gasteiger partial charge >= 0.3 is 0 Å². The van der Waals surface area contributed by atoms with E-state index in [1.165, 1.54) is 6.33 Å². The molecule has 1 aliphatic rings. The van der Waals surface area contributed by atoms with Gasteiger partial charge in [0.1, 0.15) is 35.7 Å². The van der Waals surface area contributed by atoms with Gasteiger partial charge in [0.05, 0.1) is 17.4 Å². The minimum atomic E-state index is 0.201. The van der Waals surface area contributed by atoms with Crippen LogP contribution in [0.3, 0.4) is 0 Å². The second-order valence-corrected chi connectivity index (χ2v) is 8.77. The average Bonchev–Trinajstić information content (AvgIpc) is 2.93. The quantitative estimate of drug-likeness (QED) is 0.156. The molecule has 1 aliphatic heterocycles. The summed E-state index contributed by atoms with van der Waals surface area (Å²) in [4.78, 5) is 18.1. The van der Waals surface area contributed by atoms with Gasteiger partial charge in [-0.25, -0.2) is 9.97 Å². The van der Waals surface area contributed by atoms with E-state index in [2.05, 4.69) is 32.8 Å². The van der Waals surface area contributed by atoms with E-state index in [0.717, 1.165) is 50.7 Å². The number of aldehydes is 1. The third-order valence-corrected chi connectivity index (χ3v) is 6.03. The number of benzene rings is 2. The fourth-order valence-corrected chi connectivity index (χ4v) is 3.92. The van der Waals surface area contributed by atoms with Gasteiger partial charge in [0.15, 0.2) is 0 Å². The summed E-state index contributed by atoms with van der Waals surface area (Å²) in [6, 6.07) is 17.2. The lowest BCUT2D eigenvalue weighted by molar-refractivity contribution is -0.107. The van der Waals surface area contributed by atoms with Crippen molar-refractivity contribution in [2.45, 2.75) is 51.2 Å². The first-order chi connectivity index (χ1) is 18.0. The van der Waals surface area contributed by atoms with Gasteiger partial charge in [-0.3, -0.25) is 10.7 Å². The maximum Gasteiger partial charge on any atom is 0.141 e. The van der Waals surface area contributed by atoms with Crippen molar-refractivity contribution in [3.8, 4) is 11.5 Å². The van der Waals surface area contributed by atoms with Crippen LogP contribution in [0.5, 0.6) is 11.5 Å². The van der Waals surface area contributed by atoms with Crippen molar-refractivity contribution in [1.82, 2.24) is 20.6 Å². The van der Waals surface area contributed by atoms with Crippen LogP contribution < -0.4 is 26.4 Å². The molecule has 9 heteroatoms. The summed E-state index contributed by atoms with van der Waals surface area (Å²) >= 11 is 0. The number of ether oxygens (including phenoxy) is 1. The summed E-state index contributed by atoms with van der Waals surface area (Å²) in [5, 5.41) is 18.9. The summed E-state index contributed by atoms with van der Waals surface area (Å²) in [7, 11) is 1.95. The predicted molar refractivity (Wildman–Crippen MR) is 148 cm³/mol. The Morgan fingerprint density at radius 1 is 1.14 bits per heavy atom. The molecule has 1 saturated heterocycles. The van der Waals surface area contributed by atoms with E-state index in [-0.39, 0.29) is 17.6 Å². The molecule has 3 aromatic rings. The number of nitrogens with one attached hydrogen (secondary N) is 4. The van der Waals surface area contributed by atoms with E-state index in [9.17, 15) is 4.79 Å². The number of unbranched alkanes of at least 4 members (excludes halogenated alkanes) is 2. The van der Waals surface area contributed by atoms with Crippen molar-refractivity contribution >= 4 is 23.6 Å². The number of hydrogen-bond donors (Lipinski definition) is 5. The molecule has 1 fully saturated rings. The van der Waals surface area contributed by atoms with Crippen molar-refractivity contribution in [2.75, 3.05) is 24.6 Å². The molecule has 0 spiro atoms. The van der Waals surface area contributed by atoms with Crippen LogP contribution in [-0.2, 0) is 4.79 Å². The van der Waals surface area contributed by atoms with Crippen LogP contribution in [0, 0.1) is 5.41 Å². The Morgan fingerprint density at radius 2 is 1.86 bits per heavy atom. The lowest BCUT2D eigenvalue weighted by atomic mass is 10.0. The number of anilines is 2. The fraction of sp³-hybridized carbons (Fsp3) is 0.357. The average molecular weight is 504 g/mol. The highest BCUT2D eigenvalue weighted by Crippen LogP contribution is 2.26. The molecule has 0 saturated carbocycles. The number of carbonyl (C=O) groups is 1. The SMILES string of the molecule is CCCCC=O.CNC1CCC(Nc2ncnc(N)c2C(=N)c2ccc(Oc3ccccc3)cc2)CN1. The molecule has 196 valence electrons. The molecule has 9 nitrogen and oxygen atoms in total. The molecular formula is C28H37N7O2. The van der Waals surface area contributed by atoms with E-state index in [1.54, 1.807) is 0 Å². The first kappa shape index (κ1) is 27.8. The Kier molecular flexibility index (Phi) is 11.0. The second kappa shape index (κ2) is 14.7. The molecule has 6 N–H and O–H groups in total. The fourth-order valence-electron chi connectivity index (χ4n) is 3.92. The van der Waals surface area contributed by atoms with Crippen molar-refractivity contribution in [2.24, 2.45) is 0 Å². The van der Waals surface area contributed by atoms with Crippen molar-refractivity contribution in [1.29, 1.82) is 5.41 Å². The van der Waals surface area contributed by atoms with Crippen LogP contribution in [0.2, 0.25) is 0 Å². The Hall–Kier alpha value is -3.82. The standard InChI is InChI=1S/C23H27N7O.C5H10O/c1-26-19-12-9-16(13-27-19)30-23-20(22(25)28-14-29-23)21(24)15-7-10-18(11-8-15)31-17-5-3-2-4-6-17;1-2-3-4-5-6/h2-8,10-11,14,16,19,24,26-27H,9,12-13H2,1H3,(H3,25,28,29,30);5H,2-4H2,1H3. The summed E-state index contributed by atoms with van der Waals surface area (Å²) in [6.45, 7) is 2.87. The van der Waals surface area contributed by atoms with E-state index in [0.29, 0.717) is 28.9 Å². The number of hydrogen-bond acceptors (Lipinski definition) is 9. The van der Waals surface area contributed by atoms with Crippen LogP contribution in [0.15, 0.2) is 60.9 Å². The topological polar surface area (TPSA) is 138 Å². The van der Waals surface area contributed by atoms with E-state index in [4.69, 9.17) is 15.9 Å². The van der Waals surface area contributed by atoms with Crippen molar-refractivity contribution in [3.63, 3.8) is 0 Å². The molecule has 4 rings (SSSR count). The first-order valence-corrected chi connectivity index (χ1v) is 12.7. The normalized spacial score (nSPS) is 16.7. The van der Waals surface area contributed by atoms with Gasteiger partial charge in [-0.2, -0.15) is 0 Å². The lowest BCUT2D eigenvalue weighted by Gasteiger charge is -2.31. The number of nitrogens with two attached hydrogens (primary N) is 1. The zero-order chi connectivity index (χ0) is 26.5. The molecule has 0 radical (unpaired) electrons. The van der Waals surface area contributed by atoms with Crippen LogP contribution in [-0.4, -0.2) is 47.8 Å². The molecule has 0 bridgehead atoms. The number of nitrogens with zero attached hydrogens (tertiary/aromatic N) is 2. The number of carbonyl (C=O) groups excluding carboxylic acids is 1. The number of nitrogen functional groups attached to an aromatic ring is 1. The molecule has 2 heterocycles. The van der Waals surface area contributed by atoms with E-state index >= 15 is 0 Å². The van der Waals surface area contributed by atoms with Crippen molar-refractivity contribution in [3.05, 3.63) is 72.1 Å². The Labute approximate surface area is 218 Å². The van der Waals surface area contributed by atoms with E-state index in [1.807, 2.05) is 61.6 Å². The zero-order valence-electron chi connectivity index (χ0n) is 21.5. The number of aromatic nitrogens is 2. The number of piperidine rings is 1. The second-order valence-electron chi connectivity index (χ2n) is 8.77. The number of rotatable bonds is 10. The highest BCUT2D eigenvalue weighted by molar-refractivity contribution is 6.16. The monoisotopic (exact) mass is 503 g/mol. The minimum absolute atomic E-state index is 0.201. The van der Waals surface area contributed by atoms with Gasteiger partial charge in [0.2, 0.25) is 0 Å². The first-order valence-electron chi connectivity index (χ1n) is 12.7. The minimum Gasteiger partial charge on any atom is -0.457 e. The maximum atomic E-state index is 9.56. The Morgan fingerprint density at radius 3 is 2.46 bits per heavy atom. The van der Waals surface area contributed by atoms with E-state index < -0.39 is 0 Å². The summed E-state index contributed by atoms with van der Waals surface area (Å²) in [5.74, 6) is 2.32. The van der Waals surface area contributed by atoms with Gasteiger partial charge in [-0.1, -0.05) is 31.5 Å². The van der Waals surface area contributed by atoms with Gasteiger partial charge in [0.25, 0.3) is 0 Å². The largest absolute Gasteiger partial charge is 0.457 e. The number of para-hydroxylation sites is 1. The molecule has 2 unspecified atom stereocenters. The molecule has 2 aromatic carbocycles. The van der Waals surface area contributed by atoms with Crippen molar-refractivity contribution < 1.29 is 9.53 Å². The molecule has 2 atom stereocenters. The zero-order valence-corrected chi connectivity index (χ0v) is 21.5. The van der Waals surface area contributed by atoms with Crippen LogP contribution in [0.25, 0.3) is 0 Å².